The highest BCUT2D eigenvalue weighted by atomic mass is 16.5. The number of likely N-dealkylation sites (tertiary alicyclic amines) is 1. The molecule has 3 heterocycles. The first-order chi connectivity index (χ1) is 10.3. The van der Waals surface area contributed by atoms with Gasteiger partial charge < -0.3 is 9.15 Å². The van der Waals surface area contributed by atoms with Crippen molar-refractivity contribution in [2.24, 2.45) is 0 Å². The molecule has 112 valence electrons. The molecule has 2 aromatic heterocycles. The van der Waals surface area contributed by atoms with Gasteiger partial charge in [-0.3, -0.25) is 9.88 Å². The molecule has 0 aliphatic carbocycles. The molecule has 5 heteroatoms. The highest BCUT2D eigenvalue weighted by Crippen LogP contribution is 2.17. The minimum Gasteiger partial charge on any atom is -0.449 e. The van der Waals surface area contributed by atoms with E-state index in [0.717, 1.165) is 49.6 Å². The van der Waals surface area contributed by atoms with Crippen LogP contribution in [0.2, 0.25) is 0 Å². The van der Waals surface area contributed by atoms with Crippen LogP contribution in [0.3, 0.4) is 0 Å². The number of rotatable bonds is 5. The number of aromatic nitrogens is 2. The van der Waals surface area contributed by atoms with Gasteiger partial charge in [-0.2, -0.15) is 0 Å². The summed E-state index contributed by atoms with van der Waals surface area (Å²) in [5.74, 6) is 0.728. The summed E-state index contributed by atoms with van der Waals surface area (Å²) in [6.45, 7) is 5.39. The van der Waals surface area contributed by atoms with E-state index in [4.69, 9.17) is 9.15 Å². The quantitative estimate of drug-likeness (QED) is 0.846. The SMILES string of the molecule is Cc1nc(CN2CCC[C@H](OCc3cccnc3)C2)co1. The van der Waals surface area contributed by atoms with Gasteiger partial charge in [0.15, 0.2) is 5.89 Å². The van der Waals surface area contributed by atoms with Gasteiger partial charge in [0.05, 0.1) is 18.4 Å². The van der Waals surface area contributed by atoms with E-state index >= 15 is 0 Å². The molecule has 1 aliphatic heterocycles. The van der Waals surface area contributed by atoms with Gasteiger partial charge in [-0.05, 0) is 31.0 Å². The Labute approximate surface area is 125 Å². The predicted octanol–water partition coefficient (Wildman–Crippen LogP) is 2.56. The summed E-state index contributed by atoms with van der Waals surface area (Å²) in [7, 11) is 0. The summed E-state index contributed by atoms with van der Waals surface area (Å²) in [6, 6.07) is 3.99. The number of ether oxygens (including phenoxy) is 1. The Morgan fingerprint density at radius 3 is 3.19 bits per heavy atom. The zero-order chi connectivity index (χ0) is 14.5. The first-order valence-electron chi connectivity index (χ1n) is 7.43. The Bertz CT molecular complexity index is 556. The number of pyridine rings is 1. The molecule has 0 unspecified atom stereocenters. The van der Waals surface area contributed by atoms with Crippen LogP contribution in [-0.4, -0.2) is 34.1 Å². The monoisotopic (exact) mass is 287 g/mol. The van der Waals surface area contributed by atoms with Crippen LogP contribution < -0.4 is 0 Å². The number of hydrogen-bond acceptors (Lipinski definition) is 5. The summed E-state index contributed by atoms with van der Waals surface area (Å²) in [4.78, 5) is 10.9. The van der Waals surface area contributed by atoms with Gasteiger partial charge in [0.2, 0.25) is 0 Å². The number of aryl methyl sites for hydroxylation is 1. The lowest BCUT2D eigenvalue weighted by Gasteiger charge is -2.32. The summed E-state index contributed by atoms with van der Waals surface area (Å²) in [6.07, 6.45) is 7.95. The molecule has 0 radical (unpaired) electrons. The molecule has 0 N–H and O–H groups in total. The van der Waals surface area contributed by atoms with E-state index in [0.29, 0.717) is 6.61 Å². The van der Waals surface area contributed by atoms with E-state index in [1.54, 1.807) is 12.5 Å². The second-order valence-electron chi connectivity index (χ2n) is 5.53. The van der Waals surface area contributed by atoms with Crippen molar-refractivity contribution < 1.29 is 9.15 Å². The molecular formula is C16H21N3O2. The van der Waals surface area contributed by atoms with E-state index < -0.39 is 0 Å². The van der Waals surface area contributed by atoms with Crippen molar-refractivity contribution in [3.63, 3.8) is 0 Å². The van der Waals surface area contributed by atoms with Crippen LogP contribution in [0.15, 0.2) is 35.2 Å². The Kier molecular flexibility index (Phi) is 4.62. The molecule has 2 aromatic rings. The number of nitrogens with zero attached hydrogens (tertiary/aromatic N) is 3. The Morgan fingerprint density at radius 1 is 1.48 bits per heavy atom. The van der Waals surface area contributed by atoms with Gasteiger partial charge >= 0.3 is 0 Å². The Balaban J connectivity index is 1.49. The number of piperidine rings is 1. The predicted molar refractivity (Wildman–Crippen MR) is 78.6 cm³/mol. The lowest BCUT2D eigenvalue weighted by Crippen LogP contribution is -2.39. The van der Waals surface area contributed by atoms with E-state index in [-0.39, 0.29) is 6.10 Å². The zero-order valence-corrected chi connectivity index (χ0v) is 12.4. The first-order valence-corrected chi connectivity index (χ1v) is 7.43. The summed E-state index contributed by atoms with van der Waals surface area (Å²) < 4.78 is 11.3. The molecule has 0 bridgehead atoms. The fraction of sp³-hybridized carbons (Fsp3) is 0.500. The molecule has 1 atom stereocenters. The van der Waals surface area contributed by atoms with Gasteiger partial charge in [0.1, 0.15) is 6.26 Å². The molecule has 21 heavy (non-hydrogen) atoms. The van der Waals surface area contributed by atoms with Gasteiger partial charge in [-0.1, -0.05) is 6.07 Å². The Hall–Kier alpha value is -1.72. The van der Waals surface area contributed by atoms with E-state index in [1.807, 2.05) is 25.3 Å². The fourth-order valence-electron chi connectivity index (χ4n) is 2.70. The topological polar surface area (TPSA) is 51.4 Å². The zero-order valence-electron chi connectivity index (χ0n) is 12.4. The molecule has 1 saturated heterocycles. The van der Waals surface area contributed by atoms with Crippen LogP contribution in [0.4, 0.5) is 0 Å². The fourth-order valence-corrected chi connectivity index (χ4v) is 2.70. The van der Waals surface area contributed by atoms with Crippen molar-refractivity contribution >= 4 is 0 Å². The normalized spacial score (nSPS) is 19.8. The van der Waals surface area contributed by atoms with Gasteiger partial charge in [-0.25, -0.2) is 4.98 Å². The van der Waals surface area contributed by atoms with Gasteiger partial charge in [-0.15, -0.1) is 0 Å². The average Bonchev–Trinajstić information content (AvgIpc) is 2.92. The highest BCUT2D eigenvalue weighted by Gasteiger charge is 2.21. The van der Waals surface area contributed by atoms with Crippen LogP contribution >= 0.6 is 0 Å². The van der Waals surface area contributed by atoms with Crippen molar-refractivity contribution in [1.29, 1.82) is 0 Å². The summed E-state index contributed by atoms with van der Waals surface area (Å²) >= 11 is 0. The average molecular weight is 287 g/mol. The molecule has 3 rings (SSSR count). The van der Waals surface area contributed by atoms with Crippen molar-refractivity contribution in [2.75, 3.05) is 13.1 Å². The third-order valence-corrected chi connectivity index (χ3v) is 3.72. The molecule has 1 fully saturated rings. The Morgan fingerprint density at radius 2 is 2.43 bits per heavy atom. The lowest BCUT2D eigenvalue weighted by atomic mass is 10.1. The van der Waals surface area contributed by atoms with E-state index in [2.05, 4.69) is 14.9 Å². The number of hydrogen-bond donors (Lipinski definition) is 0. The lowest BCUT2D eigenvalue weighted by molar-refractivity contribution is -0.0124. The van der Waals surface area contributed by atoms with Crippen molar-refractivity contribution in [3.05, 3.63) is 47.9 Å². The summed E-state index contributed by atoms with van der Waals surface area (Å²) in [5, 5.41) is 0. The molecule has 0 aromatic carbocycles. The van der Waals surface area contributed by atoms with Crippen LogP contribution in [0.1, 0.15) is 30.0 Å². The standard InChI is InChI=1S/C16H21N3O2/c1-13-18-15(12-20-13)9-19-7-3-5-16(10-19)21-11-14-4-2-6-17-8-14/h2,4,6,8,12,16H,3,5,7,9-11H2,1H3/t16-/m0/s1. The maximum absolute atomic E-state index is 6.02. The highest BCUT2D eigenvalue weighted by molar-refractivity contribution is 5.06. The molecule has 0 amide bonds. The molecular weight excluding hydrogens is 266 g/mol. The van der Waals surface area contributed by atoms with Crippen LogP contribution in [-0.2, 0) is 17.9 Å². The second-order valence-corrected chi connectivity index (χ2v) is 5.53. The van der Waals surface area contributed by atoms with Crippen molar-refractivity contribution in [3.8, 4) is 0 Å². The first kappa shape index (κ1) is 14.2. The smallest absolute Gasteiger partial charge is 0.191 e. The molecule has 0 spiro atoms. The van der Waals surface area contributed by atoms with Gasteiger partial charge in [0.25, 0.3) is 0 Å². The van der Waals surface area contributed by atoms with Crippen LogP contribution in [0, 0.1) is 6.92 Å². The second kappa shape index (κ2) is 6.83. The van der Waals surface area contributed by atoms with Crippen LogP contribution in [0.5, 0.6) is 0 Å². The maximum atomic E-state index is 6.02. The van der Waals surface area contributed by atoms with Gasteiger partial charge in [0, 0.05) is 32.4 Å². The van der Waals surface area contributed by atoms with E-state index in [9.17, 15) is 0 Å². The molecule has 5 nitrogen and oxygen atoms in total. The van der Waals surface area contributed by atoms with Crippen molar-refractivity contribution in [1.82, 2.24) is 14.9 Å². The third kappa shape index (κ3) is 4.12. The third-order valence-electron chi connectivity index (χ3n) is 3.72. The molecule has 0 saturated carbocycles. The molecule has 1 aliphatic rings. The minimum atomic E-state index is 0.284. The van der Waals surface area contributed by atoms with Crippen molar-refractivity contribution in [2.45, 2.75) is 39.0 Å². The minimum absolute atomic E-state index is 0.284. The maximum Gasteiger partial charge on any atom is 0.191 e. The van der Waals surface area contributed by atoms with E-state index in [1.165, 1.54) is 0 Å². The van der Waals surface area contributed by atoms with Crippen LogP contribution in [0.25, 0.3) is 0 Å². The number of oxazole rings is 1. The largest absolute Gasteiger partial charge is 0.449 e. The summed E-state index contributed by atoms with van der Waals surface area (Å²) in [5.41, 5.74) is 2.13.